The Morgan fingerprint density at radius 1 is 0.944 bits per heavy atom. The van der Waals surface area contributed by atoms with Gasteiger partial charge in [-0.25, -0.2) is 0 Å². The zero-order valence-corrected chi connectivity index (χ0v) is 12.6. The number of nitrogens with zero attached hydrogens (tertiary/aromatic N) is 1. The minimum Gasteiger partial charge on any atom is -0.328 e. The minimum absolute atomic E-state index is 0.379. The molecule has 0 spiro atoms. The molecular formula is C16H32N2. The van der Waals surface area contributed by atoms with E-state index >= 15 is 0 Å². The lowest BCUT2D eigenvalue weighted by molar-refractivity contribution is 0.206. The van der Waals surface area contributed by atoms with Crippen LogP contribution in [0.3, 0.4) is 0 Å². The zero-order valence-electron chi connectivity index (χ0n) is 12.6. The first kappa shape index (κ1) is 14.3. The van der Waals surface area contributed by atoms with Crippen LogP contribution in [-0.4, -0.2) is 30.1 Å². The summed E-state index contributed by atoms with van der Waals surface area (Å²) in [4.78, 5) is 2.75. The molecule has 18 heavy (non-hydrogen) atoms. The molecule has 1 aliphatic carbocycles. The Labute approximate surface area is 113 Å². The van der Waals surface area contributed by atoms with Crippen LogP contribution < -0.4 is 5.73 Å². The van der Waals surface area contributed by atoms with Crippen LogP contribution in [0.5, 0.6) is 0 Å². The summed E-state index contributed by atoms with van der Waals surface area (Å²) in [5.74, 6) is 2.59. The van der Waals surface area contributed by atoms with Gasteiger partial charge in [0.1, 0.15) is 0 Å². The van der Waals surface area contributed by atoms with Crippen molar-refractivity contribution in [2.45, 2.75) is 71.4 Å². The highest BCUT2D eigenvalue weighted by Crippen LogP contribution is 2.33. The highest BCUT2D eigenvalue weighted by Gasteiger charge is 2.31. The van der Waals surface area contributed by atoms with Crippen molar-refractivity contribution in [2.24, 2.45) is 23.5 Å². The van der Waals surface area contributed by atoms with Crippen LogP contribution in [0, 0.1) is 17.8 Å². The van der Waals surface area contributed by atoms with Crippen LogP contribution >= 0.6 is 0 Å². The quantitative estimate of drug-likeness (QED) is 0.781. The Hall–Kier alpha value is -0.0800. The molecule has 2 heteroatoms. The molecule has 2 nitrogen and oxygen atoms in total. The molecule has 0 aromatic rings. The molecule has 0 aromatic carbocycles. The molecule has 106 valence electrons. The molecule has 2 N–H and O–H groups in total. The van der Waals surface area contributed by atoms with E-state index in [2.05, 4.69) is 25.7 Å². The van der Waals surface area contributed by atoms with Gasteiger partial charge in [0, 0.05) is 18.6 Å². The fourth-order valence-corrected chi connectivity index (χ4v) is 3.92. The average molecular weight is 252 g/mol. The van der Waals surface area contributed by atoms with Crippen LogP contribution in [0.4, 0.5) is 0 Å². The molecule has 0 radical (unpaired) electrons. The van der Waals surface area contributed by atoms with Crippen molar-refractivity contribution in [2.75, 3.05) is 13.1 Å². The van der Waals surface area contributed by atoms with Crippen molar-refractivity contribution in [3.8, 4) is 0 Å². The van der Waals surface area contributed by atoms with Crippen LogP contribution in [0.1, 0.15) is 59.3 Å². The second-order valence-electron chi connectivity index (χ2n) is 7.07. The molecule has 0 bridgehead atoms. The lowest BCUT2D eigenvalue weighted by Crippen LogP contribution is -2.35. The van der Waals surface area contributed by atoms with Gasteiger partial charge >= 0.3 is 0 Å². The van der Waals surface area contributed by atoms with Gasteiger partial charge in [-0.2, -0.15) is 0 Å². The Balaban J connectivity index is 1.84. The topological polar surface area (TPSA) is 29.3 Å². The first-order valence-corrected chi connectivity index (χ1v) is 8.07. The lowest BCUT2D eigenvalue weighted by atomic mass is 9.89. The monoisotopic (exact) mass is 252 g/mol. The van der Waals surface area contributed by atoms with E-state index in [-0.39, 0.29) is 0 Å². The fraction of sp³-hybridized carbons (Fsp3) is 1.00. The van der Waals surface area contributed by atoms with E-state index in [9.17, 15) is 0 Å². The largest absolute Gasteiger partial charge is 0.328 e. The summed E-state index contributed by atoms with van der Waals surface area (Å²) in [6.45, 7) is 9.52. The van der Waals surface area contributed by atoms with Crippen LogP contribution in [-0.2, 0) is 0 Å². The van der Waals surface area contributed by atoms with E-state index in [0.29, 0.717) is 6.04 Å². The molecule has 0 amide bonds. The van der Waals surface area contributed by atoms with Gasteiger partial charge in [-0.15, -0.1) is 0 Å². The molecule has 1 saturated carbocycles. The molecule has 1 aliphatic heterocycles. The third kappa shape index (κ3) is 3.48. The number of likely N-dealkylation sites (tertiary alicyclic amines) is 1. The second kappa shape index (κ2) is 6.38. The summed E-state index contributed by atoms with van der Waals surface area (Å²) in [7, 11) is 0. The molecular weight excluding hydrogens is 220 g/mol. The predicted molar refractivity (Wildman–Crippen MR) is 78.5 cm³/mol. The average Bonchev–Trinajstić information content (AvgIpc) is 2.67. The van der Waals surface area contributed by atoms with Gasteiger partial charge in [0.05, 0.1) is 0 Å². The van der Waals surface area contributed by atoms with Gasteiger partial charge in [-0.3, -0.25) is 0 Å². The van der Waals surface area contributed by atoms with Crippen LogP contribution in [0.25, 0.3) is 0 Å². The van der Waals surface area contributed by atoms with E-state index in [1.165, 1.54) is 51.6 Å². The van der Waals surface area contributed by atoms with Crippen molar-refractivity contribution in [1.82, 2.24) is 4.90 Å². The number of hydrogen-bond donors (Lipinski definition) is 1. The van der Waals surface area contributed by atoms with Crippen molar-refractivity contribution in [3.63, 3.8) is 0 Å². The van der Waals surface area contributed by atoms with Gasteiger partial charge < -0.3 is 10.6 Å². The van der Waals surface area contributed by atoms with Gasteiger partial charge in [0.15, 0.2) is 0 Å². The first-order valence-electron chi connectivity index (χ1n) is 8.07. The Morgan fingerprint density at radius 3 is 2.33 bits per heavy atom. The smallest absolute Gasteiger partial charge is 0.00954 e. The van der Waals surface area contributed by atoms with E-state index in [0.717, 1.165) is 23.8 Å². The van der Waals surface area contributed by atoms with Gasteiger partial charge in [0.2, 0.25) is 0 Å². The molecule has 2 rings (SSSR count). The maximum atomic E-state index is 6.06. The van der Waals surface area contributed by atoms with Gasteiger partial charge in [-0.05, 0) is 56.9 Å². The maximum absolute atomic E-state index is 6.06. The van der Waals surface area contributed by atoms with E-state index in [4.69, 9.17) is 5.73 Å². The van der Waals surface area contributed by atoms with Crippen molar-refractivity contribution < 1.29 is 0 Å². The Bertz CT molecular complexity index is 249. The molecule has 1 heterocycles. The first-order chi connectivity index (χ1) is 8.58. The van der Waals surface area contributed by atoms with E-state index in [1.54, 1.807) is 0 Å². The van der Waals surface area contributed by atoms with Crippen molar-refractivity contribution in [3.05, 3.63) is 0 Å². The number of rotatable bonds is 3. The molecule has 4 atom stereocenters. The zero-order chi connectivity index (χ0) is 13.1. The summed E-state index contributed by atoms with van der Waals surface area (Å²) < 4.78 is 0. The number of hydrogen-bond acceptors (Lipinski definition) is 2. The summed E-state index contributed by atoms with van der Waals surface area (Å²) >= 11 is 0. The summed E-state index contributed by atoms with van der Waals surface area (Å²) in [5.41, 5.74) is 6.06. The molecule has 1 saturated heterocycles. The third-order valence-electron chi connectivity index (χ3n) is 5.44. The van der Waals surface area contributed by atoms with Gasteiger partial charge in [0.25, 0.3) is 0 Å². The fourth-order valence-electron chi connectivity index (χ4n) is 3.92. The Morgan fingerprint density at radius 2 is 1.72 bits per heavy atom. The number of nitrogens with two attached hydrogens (primary N) is 1. The SMILES string of the molecule is CC(C)C1CCCC(N2CCC(C(C)N)C2)CC1. The van der Waals surface area contributed by atoms with Crippen molar-refractivity contribution >= 4 is 0 Å². The highest BCUT2D eigenvalue weighted by atomic mass is 15.2. The summed E-state index contributed by atoms with van der Waals surface area (Å²) in [6.07, 6.45) is 8.51. The van der Waals surface area contributed by atoms with E-state index < -0.39 is 0 Å². The third-order valence-corrected chi connectivity index (χ3v) is 5.44. The Kier molecular flexibility index (Phi) is 5.08. The van der Waals surface area contributed by atoms with Crippen LogP contribution in [0.15, 0.2) is 0 Å². The minimum atomic E-state index is 0.379. The maximum Gasteiger partial charge on any atom is 0.00954 e. The molecule has 2 aliphatic rings. The summed E-state index contributed by atoms with van der Waals surface area (Å²) in [6, 6.07) is 1.24. The molecule has 4 unspecified atom stereocenters. The van der Waals surface area contributed by atoms with E-state index in [1.807, 2.05) is 0 Å². The lowest BCUT2D eigenvalue weighted by Gasteiger charge is -2.27. The summed E-state index contributed by atoms with van der Waals surface area (Å²) in [5, 5.41) is 0. The standard InChI is InChI=1S/C16H32N2/c1-12(2)14-5-4-6-16(8-7-14)18-10-9-15(11-18)13(3)17/h12-16H,4-11,17H2,1-3H3. The second-order valence-corrected chi connectivity index (χ2v) is 7.07. The normalized spacial score (nSPS) is 36.8. The molecule has 0 aromatic heterocycles. The predicted octanol–water partition coefficient (Wildman–Crippen LogP) is 3.26. The molecule has 2 fully saturated rings. The van der Waals surface area contributed by atoms with Crippen LogP contribution in [0.2, 0.25) is 0 Å². The van der Waals surface area contributed by atoms with Gasteiger partial charge in [-0.1, -0.05) is 26.7 Å². The highest BCUT2D eigenvalue weighted by molar-refractivity contribution is 4.86. The van der Waals surface area contributed by atoms with Crippen molar-refractivity contribution in [1.29, 1.82) is 0 Å².